The Morgan fingerprint density at radius 3 is 2.42 bits per heavy atom. The minimum atomic E-state index is -0.764. The Morgan fingerprint density at radius 1 is 0.909 bits per heavy atom. The first-order valence-electron chi connectivity index (χ1n) is 10.3. The third-order valence-electron chi connectivity index (χ3n) is 5.88. The molecule has 0 unspecified atom stereocenters. The summed E-state index contributed by atoms with van der Waals surface area (Å²) in [7, 11) is 0. The quantitative estimate of drug-likeness (QED) is 0.327. The summed E-state index contributed by atoms with van der Waals surface area (Å²) in [4.78, 5) is 29.1. The number of carbonyl (C=O) groups excluding carboxylic acids is 2. The maximum Gasteiger partial charge on any atom is 0.262 e. The average Bonchev–Trinajstić information content (AvgIpc) is 3.49. The fourth-order valence-corrected chi connectivity index (χ4v) is 4.35. The number of hydrogen-bond donors (Lipinski definition) is 3. The zero-order chi connectivity index (χ0) is 22.7. The summed E-state index contributed by atoms with van der Waals surface area (Å²) in [6.45, 7) is 0.493. The van der Waals surface area contributed by atoms with E-state index < -0.39 is 17.6 Å². The summed E-state index contributed by atoms with van der Waals surface area (Å²) < 4.78 is 12.6. The second-order valence-electron chi connectivity index (χ2n) is 7.89. The molecule has 164 valence electrons. The van der Waals surface area contributed by atoms with E-state index in [0.717, 1.165) is 11.1 Å². The van der Waals surface area contributed by atoms with Crippen molar-refractivity contribution in [3.05, 3.63) is 76.6 Å². The van der Waals surface area contributed by atoms with E-state index >= 15 is 0 Å². The molecule has 2 aliphatic heterocycles. The number of phenols is 2. The van der Waals surface area contributed by atoms with Crippen LogP contribution in [-0.2, 0) is 13.0 Å². The predicted molar refractivity (Wildman–Crippen MR) is 116 cm³/mol. The van der Waals surface area contributed by atoms with Crippen molar-refractivity contribution >= 4 is 22.8 Å². The van der Waals surface area contributed by atoms with Crippen molar-refractivity contribution in [1.82, 2.24) is 14.9 Å². The number of nitrogens with zero attached hydrogens (tertiary/aromatic N) is 2. The molecule has 1 aromatic heterocycles. The van der Waals surface area contributed by atoms with Crippen molar-refractivity contribution in [3.63, 3.8) is 0 Å². The summed E-state index contributed by atoms with van der Waals surface area (Å²) >= 11 is 0. The number of rotatable bonds is 4. The lowest BCUT2D eigenvalue weighted by Crippen LogP contribution is -2.20. The van der Waals surface area contributed by atoms with Crippen molar-refractivity contribution in [2.24, 2.45) is 0 Å². The van der Waals surface area contributed by atoms with Crippen LogP contribution in [0.1, 0.15) is 37.7 Å². The maximum atomic E-state index is 12.3. The third kappa shape index (κ3) is 2.89. The number of hydrogen-bond acceptors (Lipinski definition) is 7. The van der Waals surface area contributed by atoms with Gasteiger partial charge in [0.05, 0.1) is 0 Å². The molecule has 0 fully saturated rings. The molecule has 0 aliphatic carbocycles. The van der Waals surface area contributed by atoms with E-state index in [1.807, 2.05) is 48.5 Å². The molecule has 9 nitrogen and oxygen atoms in total. The molecule has 3 aromatic carbocycles. The average molecular weight is 443 g/mol. The van der Waals surface area contributed by atoms with Crippen LogP contribution in [0.25, 0.3) is 11.0 Å². The highest BCUT2D eigenvalue weighted by Gasteiger charge is 2.37. The van der Waals surface area contributed by atoms with Crippen LogP contribution < -0.4 is 14.8 Å². The Kier molecular flexibility index (Phi) is 4.06. The maximum absolute atomic E-state index is 12.3. The lowest BCUT2D eigenvalue weighted by molar-refractivity contribution is 0.0878. The van der Waals surface area contributed by atoms with Crippen LogP contribution in [0.3, 0.4) is 0 Å². The number of ether oxygens (including phenoxy) is 2. The van der Waals surface area contributed by atoms with Crippen molar-refractivity contribution in [2.45, 2.75) is 13.0 Å². The molecule has 0 saturated heterocycles. The van der Waals surface area contributed by atoms with E-state index in [1.165, 1.54) is 0 Å². The van der Waals surface area contributed by atoms with Gasteiger partial charge in [-0.15, -0.1) is 0 Å². The van der Waals surface area contributed by atoms with Crippen LogP contribution in [0.15, 0.2) is 48.5 Å². The van der Waals surface area contributed by atoms with E-state index in [2.05, 4.69) is 10.3 Å². The Hall–Kier alpha value is -4.53. The summed E-state index contributed by atoms with van der Waals surface area (Å²) in [5, 5.41) is 24.0. The van der Waals surface area contributed by atoms with Crippen molar-refractivity contribution < 1.29 is 29.3 Å². The second kappa shape index (κ2) is 6.99. The van der Waals surface area contributed by atoms with Crippen LogP contribution in [0, 0.1) is 0 Å². The number of imidazole rings is 1. The lowest BCUT2D eigenvalue weighted by Gasteiger charge is -2.12. The zero-order valence-electron chi connectivity index (χ0n) is 17.2. The van der Waals surface area contributed by atoms with Crippen molar-refractivity contribution in [2.75, 3.05) is 6.79 Å². The minimum Gasteiger partial charge on any atom is -0.505 e. The highest BCUT2D eigenvalue weighted by molar-refractivity contribution is 6.26. The van der Waals surface area contributed by atoms with E-state index in [-0.39, 0.29) is 34.7 Å². The number of phenolic OH excluding ortho intramolecular Hbond substituents is 2. The third-order valence-corrected chi connectivity index (χ3v) is 5.88. The van der Waals surface area contributed by atoms with Crippen molar-refractivity contribution in [3.8, 4) is 23.0 Å². The molecular weight excluding hydrogens is 426 g/mol. The molecule has 3 heterocycles. The largest absolute Gasteiger partial charge is 0.505 e. The van der Waals surface area contributed by atoms with Gasteiger partial charge in [-0.2, -0.15) is 0 Å². The Balaban J connectivity index is 1.56. The molecule has 0 saturated carbocycles. The minimum absolute atomic E-state index is 0.0581. The van der Waals surface area contributed by atoms with Gasteiger partial charge in [0.15, 0.2) is 23.0 Å². The van der Waals surface area contributed by atoms with E-state index in [0.29, 0.717) is 30.3 Å². The Bertz CT molecular complexity index is 1480. The predicted octanol–water partition coefficient (Wildman–Crippen LogP) is 2.70. The number of aromatic nitrogens is 2. The number of nitrogens with one attached hydrogen (secondary N) is 1. The molecule has 3 N–H and O–H groups in total. The van der Waals surface area contributed by atoms with Gasteiger partial charge in [0.2, 0.25) is 6.79 Å². The first-order valence-corrected chi connectivity index (χ1v) is 10.3. The molecule has 33 heavy (non-hydrogen) atoms. The molecule has 0 atom stereocenters. The van der Waals surface area contributed by atoms with E-state index in [4.69, 9.17) is 9.47 Å². The van der Waals surface area contributed by atoms with Crippen LogP contribution in [-0.4, -0.2) is 38.4 Å². The summed E-state index contributed by atoms with van der Waals surface area (Å²) in [5.41, 5.74) is 1.56. The summed E-state index contributed by atoms with van der Waals surface area (Å²) in [5.74, 6) is -0.511. The first kappa shape index (κ1) is 19.2. The number of fused-ring (bicyclic) bond motifs is 3. The van der Waals surface area contributed by atoms with Gasteiger partial charge in [0, 0.05) is 13.0 Å². The zero-order valence-corrected chi connectivity index (χ0v) is 17.2. The summed E-state index contributed by atoms with van der Waals surface area (Å²) in [6.07, 6.45) is 0.349. The van der Waals surface area contributed by atoms with Gasteiger partial charge in [0.25, 0.3) is 11.8 Å². The molecular formula is C24H17N3O6. The van der Waals surface area contributed by atoms with E-state index in [1.54, 1.807) is 4.57 Å². The van der Waals surface area contributed by atoms with Crippen LogP contribution in [0.4, 0.5) is 0 Å². The van der Waals surface area contributed by atoms with E-state index in [9.17, 15) is 19.8 Å². The SMILES string of the molecule is O=C1NC(=O)c2c1c(O)c1nc(Cc3ccc4c(c3)OCO4)n(Cc3ccccc3)c1c2O. The van der Waals surface area contributed by atoms with Gasteiger partial charge in [0.1, 0.15) is 28.0 Å². The van der Waals surface area contributed by atoms with Crippen molar-refractivity contribution in [1.29, 1.82) is 0 Å². The monoisotopic (exact) mass is 443 g/mol. The first-order chi connectivity index (χ1) is 16.0. The molecule has 0 spiro atoms. The van der Waals surface area contributed by atoms with Crippen LogP contribution >= 0.6 is 0 Å². The number of benzene rings is 3. The molecule has 2 amide bonds. The number of imide groups is 1. The number of amides is 2. The fraction of sp³-hybridized carbons (Fsp3) is 0.125. The van der Waals surface area contributed by atoms with Crippen LogP contribution in [0.5, 0.6) is 23.0 Å². The molecule has 9 heteroatoms. The smallest absolute Gasteiger partial charge is 0.262 e. The molecule has 2 aliphatic rings. The molecule has 6 rings (SSSR count). The molecule has 0 radical (unpaired) electrons. The lowest BCUT2D eigenvalue weighted by atomic mass is 10.1. The normalized spacial score (nSPS) is 14.1. The van der Waals surface area contributed by atoms with Gasteiger partial charge in [-0.05, 0) is 23.3 Å². The molecule has 4 aromatic rings. The highest BCUT2D eigenvalue weighted by atomic mass is 16.7. The number of carbonyl (C=O) groups is 2. The molecule has 0 bridgehead atoms. The standard InChI is InChI=1S/C24H17N3O6/c28-21-17-18(24(31)26-23(17)30)22(29)20-19(21)25-16(27(20)10-12-4-2-1-3-5-12)9-13-6-7-14-15(8-13)33-11-32-14/h1-8,28-29H,9-11H2,(H,26,30,31). The van der Waals surface area contributed by atoms with Gasteiger partial charge in [-0.3, -0.25) is 14.9 Å². The van der Waals surface area contributed by atoms with Crippen LogP contribution in [0.2, 0.25) is 0 Å². The second-order valence-corrected chi connectivity index (χ2v) is 7.89. The van der Waals surface area contributed by atoms with Gasteiger partial charge in [-0.25, -0.2) is 4.98 Å². The summed E-state index contributed by atoms with van der Waals surface area (Å²) in [6, 6.07) is 15.1. The fourth-order valence-electron chi connectivity index (χ4n) is 4.35. The Morgan fingerprint density at radius 2 is 1.64 bits per heavy atom. The van der Waals surface area contributed by atoms with Gasteiger partial charge >= 0.3 is 0 Å². The topological polar surface area (TPSA) is 123 Å². The van der Waals surface area contributed by atoms with Gasteiger partial charge in [-0.1, -0.05) is 36.4 Å². The highest BCUT2D eigenvalue weighted by Crippen LogP contribution is 2.42. The number of aromatic hydroxyl groups is 2. The Labute approximate surface area is 186 Å². The van der Waals surface area contributed by atoms with Gasteiger partial charge < -0.3 is 24.3 Å².